The van der Waals surface area contributed by atoms with Gasteiger partial charge in [0.2, 0.25) is 41.4 Å². The number of aliphatic carboxylic acids is 1. The molecule has 492 valence electrons. The number of nitrogens with zero attached hydrogens (tertiary/aromatic N) is 3. The number of hydrogen-bond acceptors (Lipinski definition) is 14. The molecule has 2 aromatic carbocycles. The molecule has 0 saturated carbocycles. The summed E-state index contributed by atoms with van der Waals surface area (Å²) in [5.74, 6) is -6.55. The standard InChI is InChI=1S/C63H100N10O15/c1-15-39(8)54(47(86-13)34-49(75)73-33-21-25-46(73)56(87-14)40(9)57(79)66-41(10)55(78)43-22-17-16-18-23-43)71(11)61(83)52(37(4)5)70-60(82)53(38(6)7)72(12)63(85)88-35-42-28-30-44(31-29-42)67-58(80)45(24-20-32-65-62(64)84)68-59(81)51(36(2)3)69-48(74)26-19-27-50(76)77/h16-18,22-23,28-31,36-41,45-47,51-56,78H,15,19-21,24-27,32-35H2,1-14H3,(H,66,79)(H,67,80)(H,68,81)(H,69,74)(H,70,82)(H,76,77)(H3,64,65,84)/t39-,40+,41+,45-,46-,47+,51-,52?,53-,54-,55+,56+/m0/s1. The van der Waals surface area contributed by atoms with E-state index in [4.69, 9.17) is 25.1 Å². The summed E-state index contributed by atoms with van der Waals surface area (Å²) in [5, 5.41) is 36.3. The number of amides is 10. The molecule has 0 radical (unpaired) electrons. The van der Waals surface area contributed by atoms with Gasteiger partial charge in [-0.1, -0.05) is 111 Å². The maximum absolute atomic E-state index is 14.8. The number of carbonyl (C=O) groups excluding carboxylic acids is 9. The second-order valence-corrected chi connectivity index (χ2v) is 24.0. The molecule has 1 aliphatic rings. The van der Waals surface area contributed by atoms with E-state index in [9.17, 15) is 53.1 Å². The molecule has 2 aromatic rings. The Balaban J connectivity index is 1.71. The number of carboxylic acids is 1. The number of aliphatic hydroxyl groups excluding tert-OH is 1. The number of primary amides is 1. The van der Waals surface area contributed by atoms with Crippen molar-refractivity contribution in [2.75, 3.05) is 46.7 Å². The molecule has 0 bridgehead atoms. The van der Waals surface area contributed by atoms with Crippen LogP contribution in [0.5, 0.6) is 0 Å². The highest BCUT2D eigenvalue weighted by Crippen LogP contribution is 2.30. The monoisotopic (exact) mass is 1240 g/mol. The molecule has 12 atom stereocenters. The maximum Gasteiger partial charge on any atom is 0.410 e. The molecule has 0 spiro atoms. The van der Waals surface area contributed by atoms with Gasteiger partial charge in [0, 0.05) is 59.9 Å². The normalized spacial score (nSPS) is 16.9. The molecule has 0 aromatic heterocycles. The van der Waals surface area contributed by atoms with Crippen LogP contribution >= 0.6 is 0 Å². The van der Waals surface area contributed by atoms with Crippen LogP contribution in [0.3, 0.4) is 0 Å². The lowest BCUT2D eigenvalue weighted by Gasteiger charge is -2.41. The van der Waals surface area contributed by atoms with E-state index in [0.717, 1.165) is 0 Å². The quantitative estimate of drug-likeness (QED) is 0.0412. The Morgan fingerprint density at radius 3 is 1.92 bits per heavy atom. The third-order valence-electron chi connectivity index (χ3n) is 16.3. The second kappa shape index (κ2) is 36.8. The van der Waals surface area contributed by atoms with Gasteiger partial charge in [-0.25, -0.2) is 9.59 Å². The number of likely N-dealkylation sites (tertiary alicyclic amines) is 1. The number of hydrogen-bond donors (Lipinski definition) is 9. The number of nitrogens with two attached hydrogens (primary N) is 1. The molecule has 0 aliphatic carbocycles. The molecular formula is C63H100N10O15. The number of carbonyl (C=O) groups is 10. The molecule has 1 aliphatic heterocycles. The summed E-state index contributed by atoms with van der Waals surface area (Å²) in [6, 6.07) is 8.63. The number of urea groups is 1. The van der Waals surface area contributed by atoms with Gasteiger partial charge in [-0.2, -0.15) is 0 Å². The van der Waals surface area contributed by atoms with E-state index < -0.39 is 132 Å². The molecular weight excluding hydrogens is 1140 g/mol. The number of ether oxygens (including phenoxy) is 3. The molecule has 3 rings (SSSR count). The van der Waals surface area contributed by atoms with Gasteiger partial charge in [0.15, 0.2) is 0 Å². The van der Waals surface area contributed by atoms with E-state index in [1.165, 1.54) is 26.2 Å². The average Bonchev–Trinajstić information content (AvgIpc) is 4.06. The summed E-state index contributed by atoms with van der Waals surface area (Å²) in [7, 11) is 6.07. The fourth-order valence-corrected chi connectivity index (χ4v) is 11.1. The molecule has 1 saturated heterocycles. The highest BCUT2D eigenvalue weighted by molar-refractivity contribution is 5.98. The fraction of sp³-hybridized carbons (Fsp3) is 0.651. The number of carboxylic acid groups (broad SMARTS) is 1. The number of anilines is 1. The second-order valence-electron chi connectivity index (χ2n) is 24.0. The highest BCUT2D eigenvalue weighted by atomic mass is 16.6. The van der Waals surface area contributed by atoms with Gasteiger partial charge in [0.25, 0.3) is 0 Å². The van der Waals surface area contributed by atoms with Crippen molar-refractivity contribution < 1.29 is 72.4 Å². The van der Waals surface area contributed by atoms with Crippen molar-refractivity contribution in [2.24, 2.45) is 35.3 Å². The number of methoxy groups -OCH3 is 2. The van der Waals surface area contributed by atoms with Crippen LogP contribution in [0.15, 0.2) is 54.6 Å². The van der Waals surface area contributed by atoms with E-state index in [2.05, 4.69) is 31.9 Å². The largest absolute Gasteiger partial charge is 0.481 e. The number of likely N-dealkylation sites (N-methyl/N-ethyl adjacent to an activating group) is 2. The van der Waals surface area contributed by atoms with Crippen LogP contribution in [-0.4, -0.2) is 180 Å². The van der Waals surface area contributed by atoms with Crippen LogP contribution in [0.25, 0.3) is 0 Å². The first-order chi connectivity index (χ1) is 41.5. The summed E-state index contributed by atoms with van der Waals surface area (Å²) in [4.78, 5) is 137. The summed E-state index contributed by atoms with van der Waals surface area (Å²) in [6.45, 7) is 18.2. The van der Waals surface area contributed by atoms with Gasteiger partial charge in [0.1, 0.15) is 30.8 Å². The molecule has 10 amide bonds. The van der Waals surface area contributed by atoms with E-state index in [-0.39, 0.29) is 69.4 Å². The van der Waals surface area contributed by atoms with E-state index in [0.29, 0.717) is 42.6 Å². The summed E-state index contributed by atoms with van der Waals surface area (Å²) < 4.78 is 17.7. The van der Waals surface area contributed by atoms with Crippen molar-refractivity contribution in [2.45, 2.75) is 194 Å². The third-order valence-corrected chi connectivity index (χ3v) is 16.3. The molecule has 25 nitrogen and oxygen atoms in total. The Bertz CT molecular complexity index is 2610. The predicted octanol–water partition coefficient (Wildman–Crippen LogP) is 4.85. The zero-order chi connectivity index (χ0) is 66.1. The minimum Gasteiger partial charge on any atom is -0.481 e. The fourth-order valence-electron chi connectivity index (χ4n) is 11.1. The smallest absolute Gasteiger partial charge is 0.410 e. The van der Waals surface area contributed by atoms with Crippen LogP contribution < -0.4 is 37.6 Å². The van der Waals surface area contributed by atoms with Gasteiger partial charge in [-0.3, -0.25) is 43.3 Å². The molecule has 1 unspecified atom stereocenters. The van der Waals surface area contributed by atoms with Crippen LogP contribution in [0, 0.1) is 29.6 Å². The lowest BCUT2D eigenvalue weighted by Crippen LogP contribution is -2.60. The van der Waals surface area contributed by atoms with Crippen LogP contribution in [0.4, 0.5) is 15.3 Å². The molecule has 1 fully saturated rings. The minimum absolute atomic E-state index is 0.0713. The van der Waals surface area contributed by atoms with Crippen molar-refractivity contribution >= 4 is 65.1 Å². The van der Waals surface area contributed by atoms with Gasteiger partial charge < -0.3 is 71.9 Å². The summed E-state index contributed by atoms with van der Waals surface area (Å²) in [5.41, 5.74) is 6.71. The molecule has 1 heterocycles. The Hall–Kier alpha value is -7.38. The summed E-state index contributed by atoms with van der Waals surface area (Å²) in [6.07, 6.45) is -1.36. The zero-order valence-corrected chi connectivity index (χ0v) is 54.0. The van der Waals surface area contributed by atoms with Gasteiger partial charge in [-0.05, 0) is 86.0 Å². The first-order valence-electron chi connectivity index (χ1n) is 30.6. The van der Waals surface area contributed by atoms with E-state index in [1.54, 1.807) is 109 Å². The summed E-state index contributed by atoms with van der Waals surface area (Å²) >= 11 is 0. The first-order valence-corrected chi connectivity index (χ1v) is 30.6. The Labute approximate surface area is 519 Å². The minimum atomic E-state index is -1.13. The van der Waals surface area contributed by atoms with E-state index in [1.807, 2.05) is 32.0 Å². The lowest BCUT2D eigenvalue weighted by molar-refractivity contribution is -0.148. The number of nitrogens with one attached hydrogen (secondary N) is 6. The molecule has 88 heavy (non-hydrogen) atoms. The highest BCUT2D eigenvalue weighted by Gasteiger charge is 2.44. The maximum atomic E-state index is 14.8. The Kier molecular flexibility index (Phi) is 31.3. The third kappa shape index (κ3) is 22.6. The van der Waals surface area contributed by atoms with Gasteiger partial charge >= 0.3 is 18.1 Å². The topological polar surface area (TPSA) is 347 Å². The number of aliphatic hydroxyl groups is 1. The van der Waals surface area contributed by atoms with Crippen molar-refractivity contribution in [3.63, 3.8) is 0 Å². The van der Waals surface area contributed by atoms with Crippen molar-refractivity contribution in [3.05, 3.63) is 65.7 Å². The zero-order valence-electron chi connectivity index (χ0n) is 54.0. The van der Waals surface area contributed by atoms with Crippen molar-refractivity contribution in [3.8, 4) is 0 Å². The van der Waals surface area contributed by atoms with Crippen molar-refractivity contribution in [1.29, 1.82) is 0 Å². The lowest BCUT2D eigenvalue weighted by atomic mass is 9.89. The van der Waals surface area contributed by atoms with E-state index >= 15 is 0 Å². The van der Waals surface area contributed by atoms with Crippen molar-refractivity contribution in [1.82, 2.24) is 41.3 Å². The average molecular weight is 1240 g/mol. The van der Waals surface area contributed by atoms with Crippen LogP contribution in [0.2, 0.25) is 0 Å². The predicted molar refractivity (Wildman–Crippen MR) is 331 cm³/mol. The number of rotatable bonds is 36. The number of benzene rings is 2. The van der Waals surface area contributed by atoms with Crippen LogP contribution in [-0.2, 0) is 59.2 Å². The Morgan fingerprint density at radius 2 is 1.36 bits per heavy atom. The molecule has 25 heteroatoms. The van der Waals surface area contributed by atoms with Gasteiger partial charge in [0.05, 0.1) is 48.8 Å². The Morgan fingerprint density at radius 1 is 0.727 bits per heavy atom. The SMILES string of the molecule is CC[C@H](C)[C@@H]([C@@H](CC(=O)N1CCC[C@H]1[C@H](OC)[C@@H](C)C(=O)N[C@H](C)[C@@H](O)c1ccccc1)OC)N(C)C(=O)C(NC(=O)[C@H](C(C)C)N(C)C(=O)OCc1ccc(NC(=O)[C@H](CCCNC(N)=O)NC(=O)[C@@H](NC(=O)CCCC(=O)O)C(C)C)cc1)C(C)C. The first kappa shape index (κ1) is 74.9. The molecule has 10 N–H and O–H groups in total. The van der Waals surface area contributed by atoms with Gasteiger partial charge in [-0.15, -0.1) is 0 Å². The van der Waals surface area contributed by atoms with Crippen LogP contribution in [0.1, 0.15) is 144 Å².